The molecule has 25 heavy (non-hydrogen) atoms. The third-order valence-electron chi connectivity index (χ3n) is 3.82. The van der Waals surface area contributed by atoms with Gasteiger partial charge in [0.25, 0.3) is 0 Å². The number of methoxy groups -OCH3 is 1. The van der Waals surface area contributed by atoms with Gasteiger partial charge in [-0.2, -0.15) is 5.11 Å². The molecule has 2 aromatic heterocycles. The number of pyridine rings is 1. The normalized spacial score (nSPS) is 11.3. The molecule has 0 saturated heterocycles. The van der Waals surface area contributed by atoms with E-state index >= 15 is 0 Å². The van der Waals surface area contributed by atoms with Crippen LogP contribution in [-0.4, -0.2) is 27.5 Å². The Morgan fingerprint density at radius 3 is 2.80 bits per heavy atom. The zero-order chi connectivity index (χ0) is 18.0. The van der Waals surface area contributed by atoms with E-state index in [1.807, 2.05) is 19.1 Å². The minimum Gasteiger partial charge on any atom is -0.504 e. The molecule has 128 valence electrons. The van der Waals surface area contributed by atoms with Gasteiger partial charge >= 0.3 is 5.91 Å². The average molecular weight is 338 g/mol. The predicted molar refractivity (Wildman–Crippen MR) is 92.2 cm³/mol. The number of amides is 1. The van der Waals surface area contributed by atoms with Crippen molar-refractivity contribution >= 4 is 11.6 Å². The number of carbonyl (C=O) groups is 1. The molecule has 3 aromatic rings. The molecule has 0 saturated carbocycles. The van der Waals surface area contributed by atoms with E-state index in [2.05, 4.69) is 15.2 Å². The number of phenols is 1. The number of hydrogen-bond donors (Lipinski definition) is 1. The molecule has 0 fully saturated rings. The highest BCUT2D eigenvalue weighted by atomic mass is 16.5. The van der Waals surface area contributed by atoms with Crippen LogP contribution in [0.15, 0.2) is 46.8 Å². The molecule has 0 radical (unpaired) electrons. The monoisotopic (exact) mass is 338 g/mol. The third-order valence-corrected chi connectivity index (χ3v) is 3.82. The van der Waals surface area contributed by atoms with E-state index in [1.54, 1.807) is 29.7 Å². The van der Waals surface area contributed by atoms with Crippen molar-refractivity contribution in [3.05, 3.63) is 59.0 Å². The van der Waals surface area contributed by atoms with Crippen LogP contribution in [0.2, 0.25) is 0 Å². The Labute approximate surface area is 144 Å². The standard InChI is InChI=1S/C18H18N4O3/c1-11-6-7-22-16(8-11)20-12(2)17(22)18(24)21-19-10-13-4-5-15(25-3)14(23)9-13/h4-9,23H,10H2,1-3H3. The summed E-state index contributed by atoms with van der Waals surface area (Å²) in [6, 6.07) is 8.73. The smallest absolute Gasteiger partial charge is 0.313 e. The number of phenolic OH excluding ortho intramolecular Hbond substituents is 1. The van der Waals surface area contributed by atoms with Crippen LogP contribution in [0.4, 0.5) is 0 Å². The Bertz CT molecular complexity index is 976. The largest absolute Gasteiger partial charge is 0.504 e. The quantitative estimate of drug-likeness (QED) is 0.738. The first-order valence-electron chi connectivity index (χ1n) is 7.72. The number of imidazole rings is 1. The molecular formula is C18H18N4O3. The van der Waals surface area contributed by atoms with Crippen molar-refractivity contribution in [3.63, 3.8) is 0 Å². The number of azo groups is 1. The van der Waals surface area contributed by atoms with Crippen LogP contribution in [0.25, 0.3) is 5.65 Å². The van der Waals surface area contributed by atoms with E-state index in [4.69, 9.17) is 4.74 Å². The van der Waals surface area contributed by atoms with Crippen LogP contribution >= 0.6 is 0 Å². The number of carbonyl (C=O) groups excluding carboxylic acids is 1. The number of aromatic nitrogens is 2. The van der Waals surface area contributed by atoms with Crippen LogP contribution in [0.1, 0.15) is 27.3 Å². The first-order valence-corrected chi connectivity index (χ1v) is 7.72. The SMILES string of the molecule is COc1ccc(CN=NC(=O)c2c(C)nc3cc(C)ccn23)cc1O. The molecule has 0 aliphatic heterocycles. The fourth-order valence-electron chi connectivity index (χ4n) is 2.58. The van der Waals surface area contributed by atoms with Gasteiger partial charge in [-0.05, 0) is 49.2 Å². The van der Waals surface area contributed by atoms with Crippen LogP contribution < -0.4 is 4.74 Å². The summed E-state index contributed by atoms with van der Waals surface area (Å²) in [5.74, 6) is -0.0467. The van der Waals surface area contributed by atoms with E-state index < -0.39 is 5.91 Å². The molecule has 7 nitrogen and oxygen atoms in total. The van der Waals surface area contributed by atoms with Gasteiger partial charge in [0.1, 0.15) is 11.3 Å². The number of aryl methyl sites for hydroxylation is 2. The van der Waals surface area contributed by atoms with Crippen molar-refractivity contribution in [2.45, 2.75) is 20.4 Å². The van der Waals surface area contributed by atoms with Crippen LogP contribution in [0.3, 0.4) is 0 Å². The van der Waals surface area contributed by atoms with Crippen molar-refractivity contribution in [1.82, 2.24) is 9.38 Å². The predicted octanol–water partition coefficient (Wildman–Crippen LogP) is 3.46. The van der Waals surface area contributed by atoms with Crippen LogP contribution in [-0.2, 0) is 6.54 Å². The van der Waals surface area contributed by atoms with Gasteiger partial charge in [0.2, 0.25) is 0 Å². The molecule has 2 heterocycles. The van der Waals surface area contributed by atoms with E-state index in [9.17, 15) is 9.90 Å². The van der Waals surface area contributed by atoms with Gasteiger partial charge in [-0.1, -0.05) is 6.07 Å². The van der Waals surface area contributed by atoms with Gasteiger partial charge in [-0.25, -0.2) is 4.98 Å². The highest BCUT2D eigenvalue weighted by Crippen LogP contribution is 2.26. The molecule has 0 bridgehead atoms. The molecule has 1 N–H and O–H groups in total. The maximum Gasteiger partial charge on any atom is 0.313 e. The lowest BCUT2D eigenvalue weighted by molar-refractivity contribution is 0.0987. The maximum absolute atomic E-state index is 12.4. The summed E-state index contributed by atoms with van der Waals surface area (Å²) in [5.41, 5.74) is 3.50. The number of aromatic hydroxyl groups is 1. The zero-order valence-electron chi connectivity index (χ0n) is 14.2. The van der Waals surface area contributed by atoms with E-state index in [0.29, 0.717) is 22.8 Å². The van der Waals surface area contributed by atoms with Gasteiger partial charge in [-0.3, -0.25) is 9.20 Å². The number of hydrogen-bond acceptors (Lipinski definition) is 5. The lowest BCUT2D eigenvalue weighted by atomic mass is 10.2. The molecule has 3 rings (SSSR count). The highest BCUT2D eigenvalue weighted by molar-refractivity contribution is 5.95. The van der Waals surface area contributed by atoms with Crippen molar-refractivity contribution in [2.75, 3.05) is 7.11 Å². The Hall–Kier alpha value is -3.22. The molecule has 0 atom stereocenters. The summed E-state index contributed by atoms with van der Waals surface area (Å²) in [6.07, 6.45) is 1.80. The zero-order valence-corrected chi connectivity index (χ0v) is 14.2. The summed E-state index contributed by atoms with van der Waals surface area (Å²) < 4.78 is 6.70. The van der Waals surface area contributed by atoms with E-state index in [1.165, 1.54) is 13.2 Å². The first-order chi connectivity index (χ1) is 12.0. The summed E-state index contributed by atoms with van der Waals surface area (Å²) >= 11 is 0. The van der Waals surface area contributed by atoms with Crippen molar-refractivity contribution in [1.29, 1.82) is 0 Å². The minimum absolute atomic E-state index is 0.0227. The topological polar surface area (TPSA) is 88.6 Å². The second-order valence-corrected chi connectivity index (χ2v) is 5.69. The number of ether oxygens (including phenoxy) is 1. The summed E-state index contributed by atoms with van der Waals surface area (Å²) in [4.78, 5) is 16.8. The fourth-order valence-corrected chi connectivity index (χ4v) is 2.58. The van der Waals surface area contributed by atoms with E-state index in [-0.39, 0.29) is 12.3 Å². The fraction of sp³-hybridized carbons (Fsp3) is 0.222. The first kappa shape index (κ1) is 16.6. The van der Waals surface area contributed by atoms with Crippen LogP contribution in [0.5, 0.6) is 11.5 Å². The van der Waals surface area contributed by atoms with Crippen LogP contribution in [0, 0.1) is 13.8 Å². The Balaban J connectivity index is 1.79. The molecule has 0 aliphatic carbocycles. The summed E-state index contributed by atoms with van der Waals surface area (Å²) in [6.45, 7) is 3.92. The Morgan fingerprint density at radius 2 is 2.08 bits per heavy atom. The highest BCUT2D eigenvalue weighted by Gasteiger charge is 2.16. The molecule has 7 heteroatoms. The molecule has 1 amide bonds. The van der Waals surface area contributed by atoms with Gasteiger partial charge < -0.3 is 9.84 Å². The van der Waals surface area contributed by atoms with E-state index in [0.717, 1.165) is 11.1 Å². The molecule has 0 unspecified atom stereocenters. The molecule has 1 aromatic carbocycles. The third kappa shape index (κ3) is 3.35. The minimum atomic E-state index is -0.452. The van der Waals surface area contributed by atoms with Crippen molar-refractivity contribution in [3.8, 4) is 11.5 Å². The number of nitrogens with zero attached hydrogens (tertiary/aromatic N) is 4. The average Bonchev–Trinajstić information content (AvgIpc) is 2.89. The molecular weight excluding hydrogens is 320 g/mol. The van der Waals surface area contributed by atoms with Crippen molar-refractivity contribution < 1.29 is 14.6 Å². The van der Waals surface area contributed by atoms with Crippen molar-refractivity contribution in [2.24, 2.45) is 10.2 Å². The van der Waals surface area contributed by atoms with Gasteiger partial charge in [0, 0.05) is 6.20 Å². The second-order valence-electron chi connectivity index (χ2n) is 5.69. The Kier molecular flexibility index (Phi) is 4.47. The number of rotatable bonds is 4. The molecule has 0 spiro atoms. The maximum atomic E-state index is 12.4. The number of benzene rings is 1. The lowest BCUT2D eigenvalue weighted by Gasteiger charge is -2.04. The summed E-state index contributed by atoms with van der Waals surface area (Å²) in [5, 5.41) is 17.5. The second kappa shape index (κ2) is 6.72. The Morgan fingerprint density at radius 1 is 1.28 bits per heavy atom. The van der Waals surface area contributed by atoms with Gasteiger partial charge in [0.05, 0.1) is 19.3 Å². The van der Waals surface area contributed by atoms with Gasteiger partial charge in [0.15, 0.2) is 11.5 Å². The number of fused-ring (bicyclic) bond motifs is 1. The molecule has 0 aliphatic rings. The summed E-state index contributed by atoms with van der Waals surface area (Å²) in [7, 11) is 1.48. The lowest BCUT2D eigenvalue weighted by Crippen LogP contribution is -2.02. The van der Waals surface area contributed by atoms with Gasteiger partial charge in [-0.15, -0.1) is 5.11 Å².